The maximum atomic E-state index is 6.20. The van der Waals surface area contributed by atoms with Crippen LogP contribution in [0.5, 0.6) is 0 Å². The predicted molar refractivity (Wildman–Crippen MR) is 142 cm³/mol. The molecule has 0 saturated heterocycles. The summed E-state index contributed by atoms with van der Waals surface area (Å²) in [7, 11) is 0. The standard InChI is InChI=1S/C30H55N/c1-3-5-7-9-11-13-15-17-19-21-23-28-25-29(27-30(31)26-28)24-22-20-18-16-14-12-10-8-6-4-2/h25-27H,3-24,31H2,1-2H3. The molecule has 0 heterocycles. The van der Waals surface area contributed by atoms with Gasteiger partial charge in [0.25, 0.3) is 0 Å². The highest BCUT2D eigenvalue weighted by molar-refractivity contribution is 5.44. The third kappa shape index (κ3) is 17.3. The summed E-state index contributed by atoms with van der Waals surface area (Å²) in [6.45, 7) is 4.59. The first kappa shape index (κ1) is 28.1. The number of anilines is 1. The van der Waals surface area contributed by atoms with E-state index in [2.05, 4.69) is 32.0 Å². The second-order valence-corrected chi connectivity index (χ2v) is 9.95. The van der Waals surface area contributed by atoms with Crippen LogP contribution in [0.4, 0.5) is 5.69 Å². The average molecular weight is 430 g/mol. The van der Waals surface area contributed by atoms with E-state index >= 15 is 0 Å². The van der Waals surface area contributed by atoms with Crippen molar-refractivity contribution in [2.45, 2.75) is 155 Å². The zero-order chi connectivity index (χ0) is 22.4. The summed E-state index contributed by atoms with van der Waals surface area (Å²) in [6, 6.07) is 6.84. The minimum Gasteiger partial charge on any atom is -0.399 e. The Kier molecular flexibility index (Phi) is 18.9. The lowest BCUT2D eigenvalue weighted by Gasteiger charge is -2.08. The van der Waals surface area contributed by atoms with Crippen LogP contribution in [0.1, 0.15) is 153 Å². The van der Waals surface area contributed by atoms with E-state index < -0.39 is 0 Å². The fourth-order valence-electron chi connectivity index (χ4n) is 4.71. The highest BCUT2D eigenvalue weighted by Gasteiger charge is 2.01. The van der Waals surface area contributed by atoms with Gasteiger partial charge in [-0.05, 0) is 48.9 Å². The Morgan fingerprint density at radius 3 is 1.03 bits per heavy atom. The summed E-state index contributed by atoms with van der Waals surface area (Å²) in [4.78, 5) is 0. The molecule has 2 N–H and O–H groups in total. The van der Waals surface area contributed by atoms with E-state index in [0.29, 0.717) is 0 Å². The van der Waals surface area contributed by atoms with Crippen LogP contribution in [-0.4, -0.2) is 0 Å². The molecule has 0 saturated carbocycles. The van der Waals surface area contributed by atoms with Crippen LogP contribution in [0.15, 0.2) is 18.2 Å². The molecule has 0 unspecified atom stereocenters. The van der Waals surface area contributed by atoms with E-state index in [9.17, 15) is 0 Å². The van der Waals surface area contributed by atoms with Crippen molar-refractivity contribution in [3.05, 3.63) is 29.3 Å². The molecule has 0 spiro atoms. The van der Waals surface area contributed by atoms with Crippen molar-refractivity contribution in [1.82, 2.24) is 0 Å². The van der Waals surface area contributed by atoms with E-state index in [1.165, 1.54) is 152 Å². The molecule has 1 rings (SSSR count). The topological polar surface area (TPSA) is 26.0 Å². The predicted octanol–water partition coefficient (Wildman–Crippen LogP) is 10.2. The quantitative estimate of drug-likeness (QED) is 0.144. The fourth-order valence-corrected chi connectivity index (χ4v) is 4.71. The number of nitrogen functional groups attached to an aromatic ring is 1. The van der Waals surface area contributed by atoms with Crippen LogP contribution in [0, 0.1) is 0 Å². The van der Waals surface area contributed by atoms with Gasteiger partial charge in [-0.15, -0.1) is 0 Å². The van der Waals surface area contributed by atoms with Gasteiger partial charge in [-0.1, -0.05) is 135 Å². The zero-order valence-electron chi connectivity index (χ0n) is 21.4. The Morgan fingerprint density at radius 2 is 0.710 bits per heavy atom. The highest BCUT2D eigenvalue weighted by atomic mass is 14.5. The highest BCUT2D eigenvalue weighted by Crippen LogP contribution is 2.19. The number of hydrogen-bond donors (Lipinski definition) is 1. The molecule has 0 aliphatic carbocycles. The van der Waals surface area contributed by atoms with Gasteiger partial charge in [-0.25, -0.2) is 0 Å². The molecule has 0 aliphatic rings. The van der Waals surface area contributed by atoms with Gasteiger partial charge in [-0.2, -0.15) is 0 Å². The Labute approximate surface area is 196 Å². The van der Waals surface area contributed by atoms with Gasteiger partial charge in [0.2, 0.25) is 0 Å². The summed E-state index contributed by atoms with van der Waals surface area (Å²) in [5, 5.41) is 0. The monoisotopic (exact) mass is 429 g/mol. The molecular formula is C30H55N. The van der Waals surface area contributed by atoms with Gasteiger partial charge < -0.3 is 5.73 Å². The van der Waals surface area contributed by atoms with E-state index in [1.54, 1.807) is 0 Å². The van der Waals surface area contributed by atoms with Gasteiger partial charge >= 0.3 is 0 Å². The molecule has 0 amide bonds. The van der Waals surface area contributed by atoms with E-state index in [1.807, 2.05) is 0 Å². The van der Waals surface area contributed by atoms with Crippen LogP contribution < -0.4 is 5.73 Å². The lowest BCUT2D eigenvalue weighted by Crippen LogP contribution is -1.95. The number of aryl methyl sites for hydroxylation is 2. The van der Waals surface area contributed by atoms with Crippen molar-refractivity contribution in [1.29, 1.82) is 0 Å². The van der Waals surface area contributed by atoms with Crippen molar-refractivity contribution >= 4 is 5.69 Å². The maximum absolute atomic E-state index is 6.20. The maximum Gasteiger partial charge on any atom is 0.0319 e. The largest absolute Gasteiger partial charge is 0.399 e. The van der Waals surface area contributed by atoms with Crippen molar-refractivity contribution in [3.63, 3.8) is 0 Å². The van der Waals surface area contributed by atoms with Gasteiger partial charge in [0.05, 0.1) is 0 Å². The molecule has 1 nitrogen and oxygen atoms in total. The van der Waals surface area contributed by atoms with E-state index in [-0.39, 0.29) is 0 Å². The van der Waals surface area contributed by atoms with Crippen molar-refractivity contribution < 1.29 is 0 Å². The number of rotatable bonds is 22. The minimum absolute atomic E-state index is 0.964. The smallest absolute Gasteiger partial charge is 0.0319 e. The van der Waals surface area contributed by atoms with Gasteiger partial charge in [0.1, 0.15) is 0 Å². The van der Waals surface area contributed by atoms with Crippen LogP contribution in [0.2, 0.25) is 0 Å². The summed E-state index contributed by atoms with van der Waals surface area (Å²) in [6.07, 6.45) is 30.5. The lowest BCUT2D eigenvalue weighted by atomic mass is 9.99. The Morgan fingerprint density at radius 1 is 0.419 bits per heavy atom. The molecule has 0 atom stereocenters. The molecule has 0 aromatic heterocycles. The van der Waals surface area contributed by atoms with Crippen LogP contribution in [-0.2, 0) is 12.8 Å². The fraction of sp³-hybridized carbons (Fsp3) is 0.800. The molecule has 0 radical (unpaired) electrons. The van der Waals surface area contributed by atoms with Crippen LogP contribution in [0.3, 0.4) is 0 Å². The number of hydrogen-bond acceptors (Lipinski definition) is 1. The average Bonchev–Trinajstić information content (AvgIpc) is 2.76. The zero-order valence-corrected chi connectivity index (χ0v) is 21.4. The normalized spacial score (nSPS) is 11.3. The van der Waals surface area contributed by atoms with Crippen molar-refractivity contribution in [3.8, 4) is 0 Å². The molecule has 31 heavy (non-hydrogen) atoms. The van der Waals surface area contributed by atoms with E-state index in [0.717, 1.165) is 5.69 Å². The Bertz CT molecular complexity index is 465. The number of nitrogens with two attached hydrogens (primary N) is 1. The Hall–Kier alpha value is -0.980. The molecule has 1 aromatic rings. The number of unbranched alkanes of at least 4 members (excludes halogenated alkanes) is 18. The number of benzene rings is 1. The lowest BCUT2D eigenvalue weighted by molar-refractivity contribution is 0.555. The van der Waals surface area contributed by atoms with Crippen molar-refractivity contribution in [2.75, 3.05) is 5.73 Å². The van der Waals surface area contributed by atoms with Crippen molar-refractivity contribution in [2.24, 2.45) is 0 Å². The molecule has 0 fully saturated rings. The minimum atomic E-state index is 0.964. The third-order valence-electron chi connectivity index (χ3n) is 6.71. The summed E-state index contributed by atoms with van der Waals surface area (Å²) >= 11 is 0. The molecule has 0 bridgehead atoms. The summed E-state index contributed by atoms with van der Waals surface area (Å²) in [5.74, 6) is 0. The second kappa shape index (κ2) is 20.9. The molecule has 1 aromatic carbocycles. The third-order valence-corrected chi connectivity index (χ3v) is 6.71. The first-order valence-corrected chi connectivity index (χ1v) is 14.1. The van der Waals surface area contributed by atoms with Crippen LogP contribution >= 0.6 is 0 Å². The van der Waals surface area contributed by atoms with E-state index in [4.69, 9.17) is 5.73 Å². The van der Waals surface area contributed by atoms with Crippen LogP contribution in [0.25, 0.3) is 0 Å². The van der Waals surface area contributed by atoms with Gasteiger partial charge in [0, 0.05) is 5.69 Å². The van der Waals surface area contributed by atoms with Gasteiger partial charge in [0.15, 0.2) is 0 Å². The first-order chi connectivity index (χ1) is 15.3. The first-order valence-electron chi connectivity index (χ1n) is 14.1. The summed E-state index contributed by atoms with van der Waals surface area (Å²) in [5.41, 5.74) is 10.1. The molecule has 180 valence electrons. The Balaban J connectivity index is 2.06. The molecular weight excluding hydrogens is 374 g/mol. The molecule has 1 heteroatoms. The summed E-state index contributed by atoms with van der Waals surface area (Å²) < 4.78 is 0. The SMILES string of the molecule is CCCCCCCCCCCCc1cc(N)cc(CCCCCCCCCCCC)c1. The van der Waals surface area contributed by atoms with Gasteiger partial charge in [-0.3, -0.25) is 0 Å². The molecule has 0 aliphatic heterocycles. The second-order valence-electron chi connectivity index (χ2n) is 9.95.